The van der Waals surface area contributed by atoms with E-state index in [0.717, 1.165) is 11.1 Å². The molecule has 0 aromatic carbocycles. The Kier molecular flexibility index (Phi) is 3.21. The first-order chi connectivity index (χ1) is 9.27. The molecule has 104 valence electrons. The van der Waals surface area contributed by atoms with Gasteiger partial charge in [-0.15, -0.1) is 0 Å². The second-order valence-electron chi connectivity index (χ2n) is 4.72. The van der Waals surface area contributed by atoms with Crippen LogP contribution in [0.25, 0.3) is 0 Å². The SMILES string of the molecule is NC1(C(=O)O)C=CC(=C2C=CC(N)(C(=O)O)C=C2)C=C1. The predicted molar refractivity (Wildman–Crippen MR) is 72.7 cm³/mol. The second kappa shape index (κ2) is 4.59. The summed E-state index contributed by atoms with van der Waals surface area (Å²) >= 11 is 0. The minimum absolute atomic E-state index is 0.729. The number of carboxylic acid groups (broad SMARTS) is 2. The fourth-order valence-corrected chi connectivity index (χ4v) is 1.80. The van der Waals surface area contributed by atoms with E-state index >= 15 is 0 Å². The van der Waals surface area contributed by atoms with E-state index in [1.165, 1.54) is 24.3 Å². The van der Waals surface area contributed by atoms with Crippen LogP contribution in [0.3, 0.4) is 0 Å². The van der Waals surface area contributed by atoms with Crippen LogP contribution in [0.1, 0.15) is 0 Å². The van der Waals surface area contributed by atoms with Gasteiger partial charge in [-0.2, -0.15) is 0 Å². The maximum Gasteiger partial charge on any atom is 0.331 e. The molecule has 0 atom stereocenters. The van der Waals surface area contributed by atoms with Crippen molar-refractivity contribution in [1.29, 1.82) is 0 Å². The quantitative estimate of drug-likeness (QED) is 0.565. The molecule has 0 saturated carbocycles. The first kappa shape index (κ1) is 14.0. The van der Waals surface area contributed by atoms with Crippen molar-refractivity contribution in [1.82, 2.24) is 0 Å². The lowest BCUT2D eigenvalue weighted by molar-refractivity contribution is -0.140. The molecule has 0 unspecified atom stereocenters. The Morgan fingerprint density at radius 2 is 1.00 bits per heavy atom. The molecule has 6 heteroatoms. The molecule has 0 heterocycles. The molecule has 0 saturated heterocycles. The monoisotopic (exact) mass is 274 g/mol. The Labute approximate surface area is 115 Å². The lowest BCUT2D eigenvalue weighted by Crippen LogP contribution is -2.45. The number of nitrogens with two attached hydrogens (primary N) is 2. The van der Waals surface area contributed by atoms with Crippen LogP contribution in [0, 0.1) is 0 Å². The average molecular weight is 274 g/mol. The van der Waals surface area contributed by atoms with E-state index in [-0.39, 0.29) is 0 Å². The summed E-state index contributed by atoms with van der Waals surface area (Å²) in [4.78, 5) is 21.9. The van der Waals surface area contributed by atoms with Gasteiger partial charge in [-0.1, -0.05) is 24.3 Å². The molecule has 2 rings (SSSR count). The van der Waals surface area contributed by atoms with Gasteiger partial charge in [0.15, 0.2) is 11.1 Å². The van der Waals surface area contributed by atoms with Gasteiger partial charge in [0.2, 0.25) is 0 Å². The number of carboxylic acids is 2. The number of hydrogen-bond acceptors (Lipinski definition) is 4. The standard InChI is InChI=1S/C14H14N2O4/c15-13(11(17)18)5-1-9(2-6-13)10-3-7-14(16,8-4-10)12(19)20/h1-8H,15-16H2,(H,17,18)(H,19,20). The summed E-state index contributed by atoms with van der Waals surface area (Å²) in [6.45, 7) is 0. The van der Waals surface area contributed by atoms with Crippen LogP contribution in [-0.4, -0.2) is 33.2 Å². The Balaban J connectivity index is 2.29. The van der Waals surface area contributed by atoms with Crippen LogP contribution in [0.5, 0.6) is 0 Å². The Morgan fingerprint density at radius 1 is 0.750 bits per heavy atom. The first-order valence-corrected chi connectivity index (χ1v) is 5.83. The molecule has 6 N–H and O–H groups in total. The smallest absolute Gasteiger partial charge is 0.331 e. The molecule has 6 nitrogen and oxygen atoms in total. The molecule has 0 aliphatic heterocycles. The van der Waals surface area contributed by atoms with E-state index < -0.39 is 23.0 Å². The van der Waals surface area contributed by atoms with Gasteiger partial charge >= 0.3 is 11.9 Å². The Morgan fingerprint density at radius 3 is 1.20 bits per heavy atom. The van der Waals surface area contributed by atoms with Crippen LogP contribution < -0.4 is 11.5 Å². The van der Waals surface area contributed by atoms with Gasteiger partial charge < -0.3 is 21.7 Å². The van der Waals surface area contributed by atoms with Crippen LogP contribution >= 0.6 is 0 Å². The summed E-state index contributed by atoms with van der Waals surface area (Å²) in [6.07, 6.45) is 11.8. The van der Waals surface area contributed by atoms with E-state index in [2.05, 4.69) is 0 Å². The molecular weight excluding hydrogens is 260 g/mol. The third kappa shape index (κ3) is 2.34. The van der Waals surface area contributed by atoms with Gasteiger partial charge in [0.25, 0.3) is 0 Å². The zero-order valence-electron chi connectivity index (χ0n) is 10.5. The summed E-state index contributed by atoms with van der Waals surface area (Å²) in [7, 11) is 0. The number of allylic oxidation sites excluding steroid dienone is 6. The lowest BCUT2D eigenvalue weighted by Gasteiger charge is -2.22. The molecule has 2 aliphatic carbocycles. The fraction of sp³-hybridized carbons (Fsp3) is 0.143. The van der Waals surface area contributed by atoms with E-state index in [1.54, 1.807) is 24.3 Å². The summed E-state index contributed by atoms with van der Waals surface area (Å²) in [5.41, 5.74) is 9.73. The predicted octanol–water partition coefficient (Wildman–Crippen LogP) is 0.0992. The van der Waals surface area contributed by atoms with E-state index in [1.807, 2.05) is 0 Å². The molecule has 0 spiro atoms. The van der Waals surface area contributed by atoms with Crippen molar-refractivity contribution >= 4 is 11.9 Å². The van der Waals surface area contributed by atoms with E-state index in [4.69, 9.17) is 21.7 Å². The van der Waals surface area contributed by atoms with Gasteiger partial charge in [-0.3, -0.25) is 0 Å². The molecule has 20 heavy (non-hydrogen) atoms. The van der Waals surface area contributed by atoms with Gasteiger partial charge in [-0.25, -0.2) is 9.59 Å². The first-order valence-electron chi connectivity index (χ1n) is 5.83. The van der Waals surface area contributed by atoms with Crippen LogP contribution in [0.15, 0.2) is 59.8 Å². The average Bonchev–Trinajstić information content (AvgIpc) is 2.40. The van der Waals surface area contributed by atoms with E-state index in [0.29, 0.717) is 0 Å². The minimum Gasteiger partial charge on any atom is -0.479 e. The lowest BCUT2D eigenvalue weighted by atomic mass is 9.87. The normalized spacial score (nSPS) is 31.7. The summed E-state index contributed by atoms with van der Waals surface area (Å²) in [5.74, 6) is -2.29. The molecule has 0 fully saturated rings. The summed E-state index contributed by atoms with van der Waals surface area (Å²) < 4.78 is 0. The minimum atomic E-state index is -1.51. The van der Waals surface area contributed by atoms with Gasteiger partial charge in [0, 0.05) is 0 Å². The molecule has 2 aliphatic rings. The molecule has 0 aromatic rings. The molecule has 0 amide bonds. The van der Waals surface area contributed by atoms with Crippen molar-refractivity contribution in [2.75, 3.05) is 0 Å². The third-order valence-electron chi connectivity index (χ3n) is 3.23. The highest BCUT2D eigenvalue weighted by Crippen LogP contribution is 2.24. The summed E-state index contributed by atoms with van der Waals surface area (Å²) in [6, 6.07) is 0. The Bertz CT molecular complexity index is 537. The molecular formula is C14H14N2O4. The van der Waals surface area contributed by atoms with Crippen molar-refractivity contribution in [3.8, 4) is 0 Å². The highest BCUT2D eigenvalue weighted by Gasteiger charge is 2.31. The highest BCUT2D eigenvalue weighted by molar-refractivity contribution is 5.86. The van der Waals surface area contributed by atoms with Crippen molar-refractivity contribution in [2.24, 2.45) is 11.5 Å². The largest absolute Gasteiger partial charge is 0.479 e. The number of hydrogen-bond donors (Lipinski definition) is 4. The van der Waals surface area contributed by atoms with Gasteiger partial charge in [0.1, 0.15) is 0 Å². The number of carbonyl (C=O) groups is 2. The van der Waals surface area contributed by atoms with Crippen molar-refractivity contribution in [3.05, 3.63) is 59.8 Å². The fourth-order valence-electron chi connectivity index (χ4n) is 1.80. The maximum atomic E-state index is 11.0. The maximum absolute atomic E-state index is 11.0. The third-order valence-corrected chi connectivity index (χ3v) is 3.23. The topological polar surface area (TPSA) is 127 Å². The van der Waals surface area contributed by atoms with Crippen molar-refractivity contribution < 1.29 is 19.8 Å². The Hall–Kier alpha value is -2.44. The van der Waals surface area contributed by atoms with Gasteiger partial charge in [-0.05, 0) is 35.5 Å². The van der Waals surface area contributed by atoms with Crippen molar-refractivity contribution in [3.63, 3.8) is 0 Å². The van der Waals surface area contributed by atoms with Crippen LogP contribution in [-0.2, 0) is 9.59 Å². The number of aliphatic carboxylic acids is 2. The zero-order chi connectivity index (χ0) is 15.0. The second-order valence-corrected chi connectivity index (χ2v) is 4.72. The van der Waals surface area contributed by atoms with Crippen LogP contribution in [0.2, 0.25) is 0 Å². The molecule has 0 aromatic heterocycles. The zero-order valence-corrected chi connectivity index (χ0v) is 10.5. The van der Waals surface area contributed by atoms with Crippen LogP contribution in [0.4, 0.5) is 0 Å². The summed E-state index contributed by atoms with van der Waals surface area (Å²) in [5, 5.41) is 17.9. The highest BCUT2D eigenvalue weighted by atomic mass is 16.4. The number of rotatable bonds is 2. The van der Waals surface area contributed by atoms with Crippen molar-refractivity contribution in [2.45, 2.75) is 11.1 Å². The molecule has 0 radical (unpaired) electrons. The molecule has 0 bridgehead atoms. The van der Waals surface area contributed by atoms with E-state index in [9.17, 15) is 9.59 Å². The van der Waals surface area contributed by atoms with Gasteiger partial charge in [0.05, 0.1) is 0 Å².